The first-order valence-corrected chi connectivity index (χ1v) is 9.71. The molecule has 0 radical (unpaired) electrons. The SMILES string of the molecule is Cl.O=S(=O)(Cc1ccc(-c2noc([C@@H]3CCN3)n2)cc1)c1ccccc1. The van der Waals surface area contributed by atoms with Gasteiger partial charge in [-0.15, -0.1) is 12.4 Å². The molecule has 4 rings (SSSR count). The van der Waals surface area contributed by atoms with E-state index >= 15 is 0 Å². The van der Waals surface area contributed by atoms with Crippen LogP contribution in [0.3, 0.4) is 0 Å². The van der Waals surface area contributed by atoms with Crippen molar-refractivity contribution in [3.8, 4) is 11.4 Å². The molecule has 0 saturated carbocycles. The molecule has 1 aromatic heterocycles. The second-order valence-corrected chi connectivity index (χ2v) is 8.01. The first-order valence-electron chi connectivity index (χ1n) is 8.06. The molecule has 26 heavy (non-hydrogen) atoms. The first-order chi connectivity index (χ1) is 12.1. The highest BCUT2D eigenvalue weighted by atomic mass is 35.5. The fourth-order valence-electron chi connectivity index (χ4n) is 2.67. The summed E-state index contributed by atoms with van der Waals surface area (Å²) in [5, 5.41) is 7.21. The molecule has 0 spiro atoms. The zero-order valence-corrected chi connectivity index (χ0v) is 15.5. The number of hydrogen-bond donors (Lipinski definition) is 1. The van der Waals surface area contributed by atoms with Crippen molar-refractivity contribution in [3.63, 3.8) is 0 Å². The van der Waals surface area contributed by atoms with E-state index in [1.54, 1.807) is 42.5 Å². The van der Waals surface area contributed by atoms with Crippen molar-refractivity contribution in [1.82, 2.24) is 15.5 Å². The molecule has 1 atom stereocenters. The molecule has 0 aliphatic carbocycles. The highest BCUT2D eigenvalue weighted by Gasteiger charge is 2.25. The largest absolute Gasteiger partial charge is 0.337 e. The van der Waals surface area contributed by atoms with E-state index in [4.69, 9.17) is 4.52 Å². The van der Waals surface area contributed by atoms with E-state index in [-0.39, 0.29) is 24.2 Å². The Hall–Kier alpha value is -2.22. The Balaban J connectivity index is 0.00000196. The van der Waals surface area contributed by atoms with Crippen molar-refractivity contribution in [2.75, 3.05) is 6.54 Å². The standard InChI is InChI=1S/C18H17N3O3S.ClH/c22-25(23,15-4-2-1-3-5-15)12-13-6-8-14(9-7-13)17-20-18(24-21-17)16-10-11-19-16;/h1-9,16,19H,10-12H2;1H/t16-;/m0./s1. The minimum absolute atomic E-state index is 0. The monoisotopic (exact) mass is 391 g/mol. The van der Waals surface area contributed by atoms with Gasteiger partial charge >= 0.3 is 0 Å². The van der Waals surface area contributed by atoms with Crippen LogP contribution >= 0.6 is 12.4 Å². The summed E-state index contributed by atoms with van der Waals surface area (Å²) in [6.07, 6.45) is 0.998. The van der Waals surface area contributed by atoms with Crippen LogP contribution in [-0.2, 0) is 15.6 Å². The van der Waals surface area contributed by atoms with E-state index in [0.29, 0.717) is 16.6 Å². The van der Waals surface area contributed by atoms with E-state index in [0.717, 1.165) is 24.1 Å². The third-order valence-electron chi connectivity index (χ3n) is 4.23. The lowest BCUT2D eigenvalue weighted by molar-refractivity contribution is 0.273. The average Bonchev–Trinajstić information content (AvgIpc) is 3.04. The van der Waals surface area contributed by atoms with Crippen LogP contribution in [0.25, 0.3) is 11.4 Å². The Kier molecular flexibility index (Phi) is 5.41. The Bertz CT molecular complexity index is 968. The summed E-state index contributed by atoms with van der Waals surface area (Å²) in [5.41, 5.74) is 1.52. The molecule has 2 aromatic carbocycles. The van der Waals surface area contributed by atoms with Gasteiger partial charge in [0.15, 0.2) is 9.84 Å². The lowest BCUT2D eigenvalue weighted by atomic mass is 10.1. The van der Waals surface area contributed by atoms with Crippen LogP contribution in [0.2, 0.25) is 0 Å². The molecule has 1 aliphatic heterocycles. The van der Waals surface area contributed by atoms with Crippen LogP contribution in [0.4, 0.5) is 0 Å². The van der Waals surface area contributed by atoms with Gasteiger partial charge in [-0.25, -0.2) is 8.42 Å². The normalized spacial score (nSPS) is 16.5. The summed E-state index contributed by atoms with van der Waals surface area (Å²) in [5.74, 6) is 1.07. The van der Waals surface area contributed by atoms with Crippen LogP contribution < -0.4 is 5.32 Å². The lowest BCUT2D eigenvalue weighted by Crippen LogP contribution is -2.35. The average molecular weight is 392 g/mol. The van der Waals surface area contributed by atoms with E-state index in [1.165, 1.54) is 0 Å². The Labute approximate surface area is 158 Å². The molecule has 136 valence electrons. The molecule has 3 aromatic rings. The zero-order chi connectivity index (χ0) is 17.3. The van der Waals surface area contributed by atoms with Crippen molar-refractivity contribution in [3.05, 3.63) is 66.1 Å². The number of halogens is 1. The van der Waals surface area contributed by atoms with E-state index < -0.39 is 9.84 Å². The van der Waals surface area contributed by atoms with Crippen LogP contribution in [0.15, 0.2) is 64.0 Å². The van der Waals surface area contributed by atoms with Crippen LogP contribution in [0, 0.1) is 0 Å². The van der Waals surface area contributed by atoms with Gasteiger partial charge in [0.25, 0.3) is 0 Å². The van der Waals surface area contributed by atoms with Crippen LogP contribution in [-0.4, -0.2) is 25.1 Å². The zero-order valence-electron chi connectivity index (χ0n) is 13.8. The van der Waals surface area contributed by atoms with Gasteiger partial charge in [-0.1, -0.05) is 47.6 Å². The molecule has 8 heteroatoms. The maximum atomic E-state index is 12.4. The van der Waals surface area contributed by atoms with Crippen molar-refractivity contribution in [2.45, 2.75) is 23.1 Å². The van der Waals surface area contributed by atoms with E-state index in [1.807, 2.05) is 12.1 Å². The fourth-order valence-corrected chi connectivity index (χ4v) is 4.04. The number of nitrogens with zero attached hydrogens (tertiary/aromatic N) is 2. The molecule has 1 N–H and O–H groups in total. The number of hydrogen-bond acceptors (Lipinski definition) is 6. The topological polar surface area (TPSA) is 85.1 Å². The van der Waals surface area contributed by atoms with Crippen molar-refractivity contribution < 1.29 is 12.9 Å². The minimum atomic E-state index is -3.35. The molecular weight excluding hydrogens is 374 g/mol. The molecule has 0 unspecified atom stereocenters. The van der Waals surface area contributed by atoms with Gasteiger partial charge in [0, 0.05) is 5.56 Å². The third-order valence-corrected chi connectivity index (χ3v) is 5.94. The Morgan fingerprint density at radius 3 is 2.38 bits per heavy atom. The highest BCUT2D eigenvalue weighted by Crippen LogP contribution is 2.25. The van der Waals surface area contributed by atoms with Gasteiger partial charge in [-0.3, -0.25) is 0 Å². The maximum Gasteiger partial charge on any atom is 0.244 e. The van der Waals surface area contributed by atoms with E-state index in [9.17, 15) is 8.42 Å². The van der Waals surface area contributed by atoms with Gasteiger partial charge in [0.05, 0.1) is 16.7 Å². The number of nitrogens with one attached hydrogen (secondary N) is 1. The third kappa shape index (κ3) is 3.80. The van der Waals surface area contributed by atoms with E-state index in [2.05, 4.69) is 15.5 Å². The molecule has 1 aliphatic rings. The molecule has 1 saturated heterocycles. The van der Waals surface area contributed by atoms with Gasteiger partial charge in [0.1, 0.15) is 0 Å². The quantitative estimate of drug-likeness (QED) is 0.719. The first kappa shape index (κ1) is 18.6. The lowest BCUT2D eigenvalue weighted by Gasteiger charge is -2.23. The second kappa shape index (κ2) is 7.57. The summed E-state index contributed by atoms with van der Waals surface area (Å²) in [6, 6.07) is 15.8. The second-order valence-electron chi connectivity index (χ2n) is 6.02. The Morgan fingerprint density at radius 2 is 1.77 bits per heavy atom. The van der Waals surface area contributed by atoms with Crippen molar-refractivity contribution >= 4 is 22.2 Å². The minimum Gasteiger partial charge on any atom is -0.337 e. The van der Waals surface area contributed by atoms with Gasteiger partial charge in [0.2, 0.25) is 11.7 Å². The van der Waals surface area contributed by atoms with Crippen LogP contribution in [0.5, 0.6) is 0 Å². The highest BCUT2D eigenvalue weighted by molar-refractivity contribution is 7.90. The molecule has 1 fully saturated rings. The summed E-state index contributed by atoms with van der Waals surface area (Å²) < 4.78 is 30.1. The predicted octanol–water partition coefficient (Wildman–Crippen LogP) is 3.17. The number of rotatable bonds is 5. The molecule has 0 bridgehead atoms. The summed E-state index contributed by atoms with van der Waals surface area (Å²) in [7, 11) is -3.35. The fraction of sp³-hybridized carbons (Fsp3) is 0.222. The van der Waals surface area contributed by atoms with Crippen molar-refractivity contribution in [1.29, 1.82) is 0 Å². The molecular formula is C18H18ClN3O3S. The molecule has 0 amide bonds. The number of aromatic nitrogens is 2. The van der Waals surface area contributed by atoms with Gasteiger partial charge in [-0.2, -0.15) is 4.98 Å². The summed E-state index contributed by atoms with van der Waals surface area (Å²) in [6.45, 7) is 0.965. The predicted molar refractivity (Wildman–Crippen MR) is 99.7 cm³/mol. The van der Waals surface area contributed by atoms with Crippen molar-refractivity contribution in [2.24, 2.45) is 0 Å². The smallest absolute Gasteiger partial charge is 0.244 e. The number of sulfone groups is 1. The summed E-state index contributed by atoms with van der Waals surface area (Å²) in [4.78, 5) is 4.72. The van der Waals surface area contributed by atoms with Gasteiger partial charge in [-0.05, 0) is 30.7 Å². The van der Waals surface area contributed by atoms with Gasteiger partial charge < -0.3 is 9.84 Å². The molecule has 6 nitrogen and oxygen atoms in total. The summed E-state index contributed by atoms with van der Waals surface area (Å²) >= 11 is 0. The Morgan fingerprint density at radius 1 is 1.08 bits per heavy atom. The van der Waals surface area contributed by atoms with Crippen LogP contribution in [0.1, 0.15) is 23.9 Å². The maximum absolute atomic E-state index is 12.4. The number of benzene rings is 2. The molecule has 2 heterocycles.